The summed E-state index contributed by atoms with van der Waals surface area (Å²) in [6.07, 6.45) is 3.14. The molecule has 0 aliphatic carbocycles. The number of benzene rings is 1. The van der Waals surface area contributed by atoms with Crippen LogP contribution in [0.25, 0.3) is 0 Å². The van der Waals surface area contributed by atoms with Crippen LogP contribution < -0.4 is 5.32 Å². The van der Waals surface area contributed by atoms with Crippen LogP contribution in [0.1, 0.15) is 24.2 Å². The van der Waals surface area contributed by atoms with E-state index in [0.717, 1.165) is 5.69 Å². The number of hydrogen-bond acceptors (Lipinski definition) is 3. The van der Waals surface area contributed by atoms with Gasteiger partial charge in [-0.2, -0.15) is 0 Å². The molecule has 19 heavy (non-hydrogen) atoms. The first-order valence-electron chi connectivity index (χ1n) is 5.71. The predicted octanol–water partition coefficient (Wildman–Crippen LogP) is 3.77. The number of rotatable bonds is 4. The van der Waals surface area contributed by atoms with Gasteiger partial charge < -0.3 is 5.32 Å². The molecule has 0 amide bonds. The zero-order valence-corrected chi connectivity index (χ0v) is 11.7. The number of halogens is 3. The van der Waals surface area contributed by atoms with Crippen LogP contribution in [0, 0.1) is 5.82 Å². The molecule has 0 fully saturated rings. The Hall–Kier alpha value is -1.23. The average Bonchev–Trinajstić information content (AvgIpc) is 2.42. The highest BCUT2D eigenvalue weighted by molar-refractivity contribution is 6.36. The molecule has 0 saturated carbocycles. The molecule has 1 heterocycles. The van der Waals surface area contributed by atoms with Gasteiger partial charge in [0.2, 0.25) is 0 Å². The van der Waals surface area contributed by atoms with E-state index in [0.29, 0.717) is 17.1 Å². The summed E-state index contributed by atoms with van der Waals surface area (Å²) in [7, 11) is 0. The smallest absolute Gasteiger partial charge is 0.142 e. The van der Waals surface area contributed by atoms with Crippen LogP contribution in [0.5, 0.6) is 0 Å². The molecule has 2 rings (SSSR count). The van der Waals surface area contributed by atoms with Crippen molar-refractivity contribution in [3.8, 4) is 0 Å². The molecule has 1 atom stereocenters. The molecule has 3 nitrogen and oxygen atoms in total. The summed E-state index contributed by atoms with van der Waals surface area (Å²) in [5.41, 5.74) is 1.39. The van der Waals surface area contributed by atoms with Gasteiger partial charge in [0.1, 0.15) is 12.1 Å². The summed E-state index contributed by atoms with van der Waals surface area (Å²) in [6, 6.07) is 4.37. The topological polar surface area (TPSA) is 37.8 Å². The lowest BCUT2D eigenvalue weighted by atomic mass is 10.1. The van der Waals surface area contributed by atoms with E-state index in [9.17, 15) is 4.39 Å². The third-order valence-corrected chi connectivity index (χ3v) is 3.46. The summed E-state index contributed by atoms with van der Waals surface area (Å²) in [4.78, 5) is 7.93. The Kier molecular flexibility index (Phi) is 4.69. The molecular formula is C13H12Cl2FN3. The summed E-state index contributed by atoms with van der Waals surface area (Å²) < 4.78 is 13.4. The molecule has 0 bridgehead atoms. The first-order valence-corrected chi connectivity index (χ1v) is 6.47. The molecule has 2 aromatic rings. The van der Waals surface area contributed by atoms with E-state index >= 15 is 0 Å². The molecule has 100 valence electrons. The summed E-state index contributed by atoms with van der Waals surface area (Å²) in [5.74, 6) is -0.475. The minimum absolute atomic E-state index is 0.0511. The van der Waals surface area contributed by atoms with Gasteiger partial charge in [-0.15, -0.1) is 0 Å². The highest BCUT2D eigenvalue weighted by Gasteiger charge is 2.16. The highest BCUT2D eigenvalue weighted by atomic mass is 35.5. The van der Waals surface area contributed by atoms with Gasteiger partial charge >= 0.3 is 0 Å². The van der Waals surface area contributed by atoms with Crippen LogP contribution in [0.3, 0.4) is 0 Å². The maximum atomic E-state index is 13.4. The quantitative estimate of drug-likeness (QED) is 0.873. The van der Waals surface area contributed by atoms with E-state index in [1.807, 2.05) is 6.92 Å². The Morgan fingerprint density at radius 2 is 2.11 bits per heavy atom. The van der Waals surface area contributed by atoms with Gasteiger partial charge in [-0.25, -0.2) is 14.4 Å². The van der Waals surface area contributed by atoms with Gasteiger partial charge in [0.25, 0.3) is 0 Å². The van der Waals surface area contributed by atoms with E-state index < -0.39 is 5.82 Å². The third kappa shape index (κ3) is 3.41. The summed E-state index contributed by atoms with van der Waals surface area (Å²) >= 11 is 12.0. The zero-order valence-electron chi connectivity index (χ0n) is 10.2. The fourth-order valence-corrected chi connectivity index (χ4v) is 2.42. The van der Waals surface area contributed by atoms with Crippen molar-refractivity contribution in [2.45, 2.75) is 19.5 Å². The minimum atomic E-state index is -0.475. The third-order valence-electron chi connectivity index (χ3n) is 2.75. The van der Waals surface area contributed by atoms with E-state index in [2.05, 4.69) is 15.3 Å². The molecule has 0 spiro atoms. The van der Waals surface area contributed by atoms with Gasteiger partial charge in [-0.1, -0.05) is 23.2 Å². The molecule has 1 aromatic heterocycles. The molecule has 1 aromatic carbocycles. The van der Waals surface area contributed by atoms with Crippen molar-refractivity contribution >= 4 is 23.2 Å². The maximum absolute atomic E-state index is 13.4. The Labute approximate surface area is 120 Å². The number of nitrogens with zero attached hydrogens (tertiary/aromatic N) is 2. The monoisotopic (exact) mass is 299 g/mol. The zero-order chi connectivity index (χ0) is 13.8. The largest absolute Gasteiger partial charge is 0.304 e. The second-order valence-electron chi connectivity index (χ2n) is 4.06. The molecule has 1 unspecified atom stereocenters. The Morgan fingerprint density at radius 1 is 1.32 bits per heavy atom. The number of nitrogens with one attached hydrogen (secondary N) is 1. The standard InChI is InChI=1S/C13H12Cl2FN3/c1-8(18-6-9-4-5-17-7-19-9)12-10(14)2-3-11(16)13(12)15/h2-5,7-8,18H,6H2,1H3. The first-order chi connectivity index (χ1) is 9.09. The van der Waals surface area contributed by atoms with Gasteiger partial charge in [-0.3, -0.25) is 0 Å². The molecule has 1 N–H and O–H groups in total. The Balaban J connectivity index is 2.12. The SMILES string of the molecule is CC(NCc1ccncn1)c1c(Cl)ccc(F)c1Cl. The van der Waals surface area contributed by atoms with Gasteiger partial charge in [0, 0.05) is 29.4 Å². The Morgan fingerprint density at radius 3 is 2.79 bits per heavy atom. The van der Waals surface area contributed by atoms with Gasteiger partial charge in [-0.05, 0) is 25.1 Å². The van der Waals surface area contributed by atoms with Gasteiger partial charge in [0.15, 0.2) is 0 Å². The second-order valence-corrected chi connectivity index (χ2v) is 4.85. The lowest BCUT2D eigenvalue weighted by Gasteiger charge is -2.17. The van der Waals surface area contributed by atoms with Crippen molar-refractivity contribution in [1.82, 2.24) is 15.3 Å². The van der Waals surface area contributed by atoms with Gasteiger partial charge in [0.05, 0.1) is 10.7 Å². The molecule has 0 aliphatic heterocycles. The lowest BCUT2D eigenvalue weighted by Crippen LogP contribution is -2.19. The van der Waals surface area contributed by atoms with E-state index in [1.165, 1.54) is 18.5 Å². The van der Waals surface area contributed by atoms with E-state index in [-0.39, 0.29) is 11.1 Å². The van der Waals surface area contributed by atoms with Crippen LogP contribution in [-0.4, -0.2) is 9.97 Å². The molecule has 0 saturated heterocycles. The van der Waals surface area contributed by atoms with Crippen molar-refractivity contribution in [1.29, 1.82) is 0 Å². The molecule has 0 radical (unpaired) electrons. The molecular weight excluding hydrogens is 288 g/mol. The van der Waals surface area contributed by atoms with Crippen LogP contribution in [0.4, 0.5) is 4.39 Å². The normalized spacial score (nSPS) is 12.4. The Bertz CT molecular complexity index is 563. The minimum Gasteiger partial charge on any atom is -0.304 e. The molecule has 6 heteroatoms. The average molecular weight is 300 g/mol. The predicted molar refractivity (Wildman–Crippen MR) is 73.7 cm³/mol. The fourth-order valence-electron chi connectivity index (χ4n) is 1.72. The lowest BCUT2D eigenvalue weighted by molar-refractivity contribution is 0.559. The van der Waals surface area contributed by atoms with E-state index in [4.69, 9.17) is 23.2 Å². The van der Waals surface area contributed by atoms with Crippen LogP contribution in [0.15, 0.2) is 30.7 Å². The summed E-state index contributed by atoms with van der Waals surface area (Å²) in [5, 5.41) is 3.69. The van der Waals surface area contributed by atoms with Crippen molar-refractivity contribution in [2.24, 2.45) is 0 Å². The first kappa shape index (κ1) is 14.2. The van der Waals surface area contributed by atoms with Crippen molar-refractivity contribution in [3.63, 3.8) is 0 Å². The molecule has 0 aliphatic rings. The fraction of sp³-hybridized carbons (Fsp3) is 0.231. The number of hydrogen-bond donors (Lipinski definition) is 1. The van der Waals surface area contributed by atoms with Crippen molar-refractivity contribution in [2.75, 3.05) is 0 Å². The van der Waals surface area contributed by atoms with Crippen LogP contribution in [-0.2, 0) is 6.54 Å². The highest BCUT2D eigenvalue weighted by Crippen LogP contribution is 2.32. The summed E-state index contributed by atoms with van der Waals surface area (Å²) in [6.45, 7) is 2.39. The van der Waals surface area contributed by atoms with Crippen LogP contribution in [0.2, 0.25) is 10.0 Å². The van der Waals surface area contributed by atoms with E-state index in [1.54, 1.807) is 12.3 Å². The van der Waals surface area contributed by atoms with Crippen LogP contribution >= 0.6 is 23.2 Å². The van der Waals surface area contributed by atoms with Crippen molar-refractivity contribution in [3.05, 3.63) is 57.8 Å². The number of aromatic nitrogens is 2. The van der Waals surface area contributed by atoms with Crippen molar-refractivity contribution < 1.29 is 4.39 Å². The second kappa shape index (κ2) is 6.28. The maximum Gasteiger partial charge on any atom is 0.142 e.